The first-order chi connectivity index (χ1) is 22.8. The fraction of sp³-hybridized carbons (Fsp3) is 0.179. The van der Waals surface area contributed by atoms with Crippen LogP contribution in [0.3, 0.4) is 0 Å². The summed E-state index contributed by atoms with van der Waals surface area (Å²) < 4.78 is 37.0. The molecule has 0 aliphatic carbocycles. The van der Waals surface area contributed by atoms with Crippen LogP contribution in [0.4, 0.5) is 0 Å². The molecule has 0 aliphatic rings. The third-order valence-corrected chi connectivity index (χ3v) is 9.33. The zero-order valence-electron chi connectivity index (χ0n) is 26.3. The van der Waals surface area contributed by atoms with Gasteiger partial charge in [0.05, 0.1) is 4.90 Å². The van der Waals surface area contributed by atoms with Gasteiger partial charge in [0.2, 0.25) is 15.9 Å². The lowest BCUT2D eigenvalue weighted by atomic mass is 9.96. The number of benzene rings is 5. The zero-order valence-corrected chi connectivity index (χ0v) is 27.1. The van der Waals surface area contributed by atoms with Crippen molar-refractivity contribution in [1.82, 2.24) is 10.0 Å². The van der Waals surface area contributed by atoms with Gasteiger partial charge < -0.3 is 10.1 Å². The molecule has 2 N–H and O–H groups in total. The second-order valence-electron chi connectivity index (χ2n) is 11.5. The molecule has 0 aliphatic heterocycles. The van der Waals surface area contributed by atoms with E-state index in [4.69, 9.17) is 4.74 Å². The predicted molar refractivity (Wildman–Crippen MR) is 183 cm³/mol. The van der Waals surface area contributed by atoms with E-state index in [9.17, 15) is 18.0 Å². The Morgan fingerprint density at radius 1 is 0.660 bits per heavy atom. The number of rotatable bonds is 14. The van der Waals surface area contributed by atoms with Gasteiger partial charge in [-0.3, -0.25) is 9.59 Å². The topological polar surface area (TPSA) is 102 Å². The maximum atomic E-state index is 14.5. The van der Waals surface area contributed by atoms with Crippen molar-refractivity contribution in [2.45, 2.75) is 43.7 Å². The number of aryl methyl sites for hydroxylation is 1. The standard InChI is InChI=1S/C39H38N2O5S/c1-29-22-34(24-30-14-6-2-7-15-30)38(35(23-29)25-31-16-8-3-9-17-31)47(44,45)41-36(26-32-18-10-4-11-19-32)39(43)40-27-37(42)46-28-33-20-12-5-13-21-33/h2-23,36,41H,24-28H2,1H3,(H,40,43)/t36-/m0/s1. The van der Waals surface area contributed by atoms with Crippen molar-refractivity contribution in [3.8, 4) is 0 Å². The van der Waals surface area contributed by atoms with Gasteiger partial charge in [-0.15, -0.1) is 0 Å². The zero-order chi connectivity index (χ0) is 33.1. The van der Waals surface area contributed by atoms with Crippen molar-refractivity contribution >= 4 is 21.9 Å². The Balaban J connectivity index is 1.44. The van der Waals surface area contributed by atoms with E-state index < -0.39 is 34.5 Å². The molecule has 0 saturated heterocycles. The molecular formula is C39H38N2O5S. The number of carbonyl (C=O) groups is 2. The molecule has 1 atom stereocenters. The van der Waals surface area contributed by atoms with E-state index in [-0.39, 0.29) is 17.9 Å². The number of hydrogen-bond acceptors (Lipinski definition) is 5. The highest BCUT2D eigenvalue weighted by Crippen LogP contribution is 2.28. The highest BCUT2D eigenvalue weighted by molar-refractivity contribution is 7.89. The van der Waals surface area contributed by atoms with E-state index >= 15 is 0 Å². The molecule has 7 nitrogen and oxygen atoms in total. The minimum Gasteiger partial charge on any atom is -0.460 e. The van der Waals surface area contributed by atoms with Crippen LogP contribution in [0.2, 0.25) is 0 Å². The summed E-state index contributed by atoms with van der Waals surface area (Å²) in [6.45, 7) is 1.62. The number of esters is 1. The highest BCUT2D eigenvalue weighted by Gasteiger charge is 2.30. The fourth-order valence-electron chi connectivity index (χ4n) is 5.52. The predicted octanol–water partition coefficient (Wildman–Crippen LogP) is 5.93. The van der Waals surface area contributed by atoms with Crippen LogP contribution in [0.1, 0.15) is 38.9 Å². The summed E-state index contributed by atoms with van der Waals surface area (Å²) >= 11 is 0. The van der Waals surface area contributed by atoms with Crippen molar-refractivity contribution in [2.24, 2.45) is 0 Å². The Bertz CT molecular complexity index is 1820. The fourth-order valence-corrected chi connectivity index (χ4v) is 7.16. The largest absolute Gasteiger partial charge is 0.460 e. The molecule has 0 spiro atoms. The number of carbonyl (C=O) groups excluding carboxylic acids is 2. The smallest absolute Gasteiger partial charge is 0.325 e. The van der Waals surface area contributed by atoms with Gasteiger partial charge in [-0.2, -0.15) is 4.72 Å². The molecule has 0 unspecified atom stereocenters. The minimum absolute atomic E-state index is 0.0669. The second kappa shape index (κ2) is 16.0. The van der Waals surface area contributed by atoms with Crippen LogP contribution in [0.15, 0.2) is 138 Å². The average molecular weight is 647 g/mol. The molecule has 0 fully saturated rings. The van der Waals surface area contributed by atoms with E-state index in [1.807, 2.05) is 140 Å². The molecule has 47 heavy (non-hydrogen) atoms. The molecule has 240 valence electrons. The SMILES string of the molecule is Cc1cc(Cc2ccccc2)c(S(=O)(=O)N[C@@H](Cc2ccccc2)C(=O)NCC(=O)OCc2ccccc2)c(Cc2ccccc2)c1. The molecule has 0 bridgehead atoms. The summed E-state index contributed by atoms with van der Waals surface area (Å²) in [7, 11) is -4.25. The van der Waals surface area contributed by atoms with E-state index in [0.717, 1.165) is 27.8 Å². The molecular weight excluding hydrogens is 609 g/mol. The second-order valence-corrected chi connectivity index (χ2v) is 13.1. The Morgan fingerprint density at radius 3 is 1.60 bits per heavy atom. The summed E-state index contributed by atoms with van der Waals surface area (Å²) in [4.78, 5) is 26.3. The quantitative estimate of drug-likeness (QED) is 0.146. The van der Waals surface area contributed by atoms with Crippen molar-refractivity contribution in [2.75, 3.05) is 6.54 Å². The summed E-state index contributed by atoms with van der Waals surface area (Å²) in [5, 5.41) is 2.59. The third-order valence-electron chi connectivity index (χ3n) is 7.68. The Morgan fingerprint density at radius 2 is 1.11 bits per heavy atom. The van der Waals surface area contributed by atoms with Crippen LogP contribution in [0, 0.1) is 6.92 Å². The lowest BCUT2D eigenvalue weighted by molar-refractivity contribution is -0.145. The molecule has 5 aromatic rings. The Kier molecular flexibility index (Phi) is 11.3. The van der Waals surface area contributed by atoms with Gasteiger partial charge in [0, 0.05) is 0 Å². The number of hydrogen-bond donors (Lipinski definition) is 2. The van der Waals surface area contributed by atoms with Gasteiger partial charge in [0.15, 0.2) is 0 Å². The van der Waals surface area contributed by atoms with Crippen LogP contribution >= 0.6 is 0 Å². The van der Waals surface area contributed by atoms with Gasteiger partial charge in [-0.05, 0) is 59.6 Å². The molecule has 0 saturated carbocycles. The normalized spacial score (nSPS) is 11.9. The minimum atomic E-state index is -4.25. The van der Waals surface area contributed by atoms with Crippen molar-refractivity contribution in [3.63, 3.8) is 0 Å². The lowest BCUT2D eigenvalue weighted by Gasteiger charge is -2.22. The third kappa shape index (κ3) is 9.72. The Labute approximate surface area is 276 Å². The lowest BCUT2D eigenvalue weighted by Crippen LogP contribution is -2.49. The maximum absolute atomic E-state index is 14.5. The average Bonchev–Trinajstić information content (AvgIpc) is 3.07. The van der Waals surface area contributed by atoms with Gasteiger partial charge in [-0.1, -0.05) is 139 Å². The number of sulfonamides is 1. The molecule has 1 amide bonds. The van der Waals surface area contributed by atoms with E-state index in [0.29, 0.717) is 24.0 Å². The Hall–Kier alpha value is -5.05. The van der Waals surface area contributed by atoms with Gasteiger partial charge in [0.25, 0.3) is 0 Å². The first-order valence-corrected chi connectivity index (χ1v) is 17.0. The van der Waals surface area contributed by atoms with Gasteiger partial charge in [0.1, 0.15) is 19.2 Å². The first-order valence-electron chi connectivity index (χ1n) is 15.5. The van der Waals surface area contributed by atoms with Crippen LogP contribution < -0.4 is 10.0 Å². The first kappa shape index (κ1) is 33.3. The monoisotopic (exact) mass is 646 g/mol. The van der Waals surface area contributed by atoms with Gasteiger partial charge in [-0.25, -0.2) is 8.42 Å². The number of amides is 1. The molecule has 5 rings (SSSR count). The number of ether oxygens (including phenoxy) is 1. The molecule has 0 radical (unpaired) electrons. The highest BCUT2D eigenvalue weighted by atomic mass is 32.2. The van der Waals surface area contributed by atoms with Crippen molar-refractivity contribution < 1.29 is 22.7 Å². The number of nitrogens with one attached hydrogen (secondary N) is 2. The van der Waals surface area contributed by atoms with Gasteiger partial charge >= 0.3 is 5.97 Å². The summed E-state index contributed by atoms with van der Waals surface area (Å²) in [5.41, 5.74) is 5.72. The van der Waals surface area contributed by atoms with E-state index in [1.54, 1.807) is 0 Å². The van der Waals surface area contributed by atoms with E-state index in [1.165, 1.54) is 0 Å². The van der Waals surface area contributed by atoms with Crippen LogP contribution in [0.25, 0.3) is 0 Å². The van der Waals surface area contributed by atoms with E-state index in [2.05, 4.69) is 10.0 Å². The summed E-state index contributed by atoms with van der Waals surface area (Å²) in [6, 6.07) is 40.4. The molecule has 5 aromatic carbocycles. The van der Waals surface area contributed by atoms with Crippen LogP contribution in [-0.4, -0.2) is 32.9 Å². The summed E-state index contributed by atoms with van der Waals surface area (Å²) in [5.74, 6) is -1.26. The maximum Gasteiger partial charge on any atom is 0.325 e. The molecule has 0 aromatic heterocycles. The van der Waals surface area contributed by atoms with Crippen molar-refractivity contribution in [1.29, 1.82) is 0 Å². The van der Waals surface area contributed by atoms with Crippen molar-refractivity contribution in [3.05, 3.63) is 172 Å². The summed E-state index contributed by atoms with van der Waals surface area (Å²) in [6.07, 6.45) is 0.867. The molecule has 8 heteroatoms. The molecule has 0 heterocycles. The van der Waals surface area contributed by atoms with Crippen LogP contribution in [-0.2, 0) is 50.2 Å². The van der Waals surface area contributed by atoms with Crippen LogP contribution in [0.5, 0.6) is 0 Å².